The number of hydrogen-bond acceptors (Lipinski definition) is 4. The number of aliphatic imine (C=N–C) groups is 1. The normalized spacial score (nSPS) is 10.6. The van der Waals surface area contributed by atoms with Crippen LogP contribution in [-0.4, -0.2) is 23.4 Å². The first-order valence-corrected chi connectivity index (χ1v) is 11.0. The van der Waals surface area contributed by atoms with E-state index in [9.17, 15) is 18.3 Å². The van der Waals surface area contributed by atoms with Crippen LogP contribution in [0.4, 0.5) is 19.0 Å². The summed E-state index contributed by atoms with van der Waals surface area (Å²) in [6.45, 7) is 0. The smallest absolute Gasteiger partial charge is 0.155 e. The Morgan fingerprint density at radius 2 is 1.48 bits per heavy atom. The zero-order valence-corrected chi connectivity index (χ0v) is 21.1. The number of rotatable bonds is 3. The van der Waals surface area contributed by atoms with Crippen molar-refractivity contribution in [2.75, 3.05) is 7.11 Å². The lowest BCUT2D eigenvalue weighted by molar-refractivity contribution is 0.413. The molecule has 0 aliphatic rings. The third kappa shape index (κ3) is 6.41. The number of aromatic hydroxyl groups is 1. The number of ether oxygens (including phenoxy) is 1. The van der Waals surface area contributed by atoms with Crippen molar-refractivity contribution >= 4 is 79.8 Å². The number of hydrogen-bond donors (Lipinski definition) is 1. The molecule has 152 valence electrons. The lowest BCUT2D eigenvalue weighted by Crippen LogP contribution is -2.01. The Bertz CT molecular complexity index is 927. The summed E-state index contributed by atoms with van der Waals surface area (Å²) in [5.74, 6) is -1.03. The first kappa shape index (κ1) is 24.1. The van der Waals surface area contributed by atoms with Gasteiger partial charge in [-0.3, -0.25) is 0 Å². The van der Waals surface area contributed by atoms with Gasteiger partial charge in [0.15, 0.2) is 23.3 Å². The van der Waals surface area contributed by atoms with E-state index in [0.29, 0.717) is 17.1 Å². The molecular formula is C19H12F3I3N2O2. The minimum absolute atomic E-state index is 0.164. The average Bonchev–Trinajstić information content (AvgIpc) is 2.75. The molecule has 0 aliphatic carbocycles. The molecule has 3 rings (SSSR count). The maximum Gasteiger partial charge on any atom is 0.155 e. The van der Waals surface area contributed by atoms with Gasteiger partial charge in [-0.1, -0.05) is 12.1 Å². The first-order valence-electron chi connectivity index (χ1n) is 7.75. The summed E-state index contributed by atoms with van der Waals surface area (Å²) in [4.78, 5) is 8.25. The molecule has 2 aromatic carbocycles. The van der Waals surface area contributed by atoms with Gasteiger partial charge in [-0.25, -0.2) is 23.1 Å². The Labute approximate surface area is 206 Å². The van der Waals surface area contributed by atoms with E-state index >= 15 is 0 Å². The Kier molecular flexibility index (Phi) is 9.39. The third-order valence-corrected chi connectivity index (χ3v) is 6.23. The van der Waals surface area contributed by atoms with Crippen molar-refractivity contribution in [3.8, 4) is 11.5 Å². The molecule has 1 heterocycles. The lowest BCUT2D eigenvalue weighted by Gasteiger charge is -2.03. The van der Waals surface area contributed by atoms with E-state index in [1.54, 1.807) is 49.9 Å². The number of aromatic nitrogens is 1. The van der Waals surface area contributed by atoms with Gasteiger partial charge in [-0.2, -0.15) is 0 Å². The molecule has 0 atom stereocenters. The molecule has 1 N–H and O–H groups in total. The van der Waals surface area contributed by atoms with Crippen LogP contribution < -0.4 is 4.74 Å². The van der Waals surface area contributed by atoms with Crippen molar-refractivity contribution in [2.45, 2.75) is 0 Å². The highest BCUT2D eigenvalue weighted by Crippen LogP contribution is 2.28. The van der Waals surface area contributed by atoms with E-state index < -0.39 is 17.5 Å². The van der Waals surface area contributed by atoms with Crippen LogP contribution in [0.2, 0.25) is 0 Å². The molecule has 0 saturated heterocycles. The highest BCUT2D eigenvalue weighted by molar-refractivity contribution is 14.1. The van der Waals surface area contributed by atoms with Crippen LogP contribution in [0.3, 0.4) is 0 Å². The quantitative estimate of drug-likeness (QED) is 0.145. The highest BCUT2D eigenvalue weighted by atomic mass is 127. The topological polar surface area (TPSA) is 54.7 Å². The predicted octanol–water partition coefficient (Wildman–Crippen LogP) is 6.46. The molecule has 0 aliphatic heterocycles. The minimum atomic E-state index is -0.827. The standard InChI is InChI=1S/C13H12N2O2.C6F3I3/c1-17-11-6-7-13(15-9-11)14-8-10-4-2-3-5-12(10)16;7-1-4(10)2(8)6(12)3(9)5(1)11/h2-9,16H,1H3;. The molecule has 0 saturated carbocycles. The van der Waals surface area contributed by atoms with E-state index in [0.717, 1.165) is 0 Å². The van der Waals surface area contributed by atoms with E-state index in [2.05, 4.69) is 9.98 Å². The fourth-order valence-electron chi connectivity index (χ4n) is 1.88. The Morgan fingerprint density at radius 1 is 0.931 bits per heavy atom. The fourth-order valence-corrected chi connectivity index (χ4v) is 5.05. The second-order valence-electron chi connectivity index (χ2n) is 5.26. The highest BCUT2D eigenvalue weighted by Gasteiger charge is 2.20. The summed E-state index contributed by atoms with van der Waals surface area (Å²) >= 11 is 4.53. The molecule has 0 amide bonds. The largest absolute Gasteiger partial charge is 0.507 e. The minimum Gasteiger partial charge on any atom is -0.507 e. The summed E-state index contributed by atoms with van der Waals surface area (Å²) in [6.07, 6.45) is 3.17. The van der Waals surface area contributed by atoms with Crippen molar-refractivity contribution in [1.82, 2.24) is 4.98 Å². The predicted molar refractivity (Wildman–Crippen MR) is 131 cm³/mol. The Morgan fingerprint density at radius 3 is 1.93 bits per heavy atom. The maximum atomic E-state index is 12.9. The second kappa shape index (κ2) is 11.3. The van der Waals surface area contributed by atoms with Gasteiger partial charge in [0.05, 0.1) is 24.0 Å². The third-order valence-electron chi connectivity index (χ3n) is 3.39. The molecule has 0 spiro atoms. The van der Waals surface area contributed by atoms with Gasteiger partial charge in [-0.15, -0.1) is 0 Å². The SMILES string of the molecule is COc1ccc(N=Cc2ccccc2O)nc1.Fc1c(I)c(F)c(I)c(F)c1I. The second-order valence-corrected chi connectivity index (χ2v) is 8.49. The zero-order chi connectivity index (χ0) is 21.6. The van der Waals surface area contributed by atoms with Crippen molar-refractivity contribution in [3.05, 3.63) is 76.3 Å². The zero-order valence-electron chi connectivity index (χ0n) is 14.6. The van der Waals surface area contributed by atoms with Gasteiger partial charge in [0.25, 0.3) is 0 Å². The van der Waals surface area contributed by atoms with E-state index in [1.807, 2.05) is 6.07 Å². The average molecular weight is 738 g/mol. The van der Waals surface area contributed by atoms with Gasteiger partial charge in [0.1, 0.15) is 11.5 Å². The maximum absolute atomic E-state index is 12.9. The van der Waals surface area contributed by atoms with Gasteiger partial charge in [-0.05, 0) is 92.0 Å². The van der Waals surface area contributed by atoms with Gasteiger partial charge in [0, 0.05) is 11.8 Å². The summed E-state index contributed by atoms with van der Waals surface area (Å²) in [7, 11) is 1.59. The molecule has 0 unspecified atom stereocenters. The molecule has 4 nitrogen and oxygen atoms in total. The van der Waals surface area contributed by atoms with Crippen LogP contribution in [0, 0.1) is 28.2 Å². The Balaban J connectivity index is 0.000000221. The van der Waals surface area contributed by atoms with E-state index in [-0.39, 0.29) is 16.5 Å². The number of phenolic OH excluding ortho intramolecular Hbond substituents is 1. The number of halogens is 6. The van der Waals surface area contributed by atoms with Crippen LogP contribution in [0.25, 0.3) is 0 Å². The van der Waals surface area contributed by atoms with Crippen LogP contribution >= 0.6 is 67.8 Å². The molecule has 29 heavy (non-hydrogen) atoms. The van der Waals surface area contributed by atoms with Crippen molar-refractivity contribution in [3.63, 3.8) is 0 Å². The molecule has 1 aromatic heterocycles. The van der Waals surface area contributed by atoms with Crippen molar-refractivity contribution in [1.29, 1.82) is 0 Å². The number of methoxy groups -OCH3 is 1. The van der Waals surface area contributed by atoms with Gasteiger partial charge >= 0.3 is 0 Å². The molecular weight excluding hydrogens is 726 g/mol. The van der Waals surface area contributed by atoms with Crippen LogP contribution in [0.5, 0.6) is 11.5 Å². The lowest BCUT2D eigenvalue weighted by atomic mass is 10.2. The van der Waals surface area contributed by atoms with Gasteiger partial charge < -0.3 is 9.84 Å². The Hall–Kier alpha value is -1.16. The van der Waals surface area contributed by atoms with Crippen molar-refractivity contribution < 1.29 is 23.0 Å². The summed E-state index contributed by atoms with van der Waals surface area (Å²) < 4.78 is 43.3. The number of para-hydroxylation sites is 1. The van der Waals surface area contributed by atoms with Gasteiger partial charge in [0.2, 0.25) is 0 Å². The van der Waals surface area contributed by atoms with E-state index in [1.165, 1.54) is 67.8 Å². The monoisotopic (exact) mass is 738 g/mol. The van der Waals surface area contributed by atoms with E-state index in [4.69, 9.17) is 4.74 Å². The first-order chi connectivity index (χ1) is 13.8. The number of pyridine rings is 1. The summed E-state index contributed by atoms with van der Waals surface area (Å²) in [5.41, 5.74) is 0.658. The number of benzene rings is 2. The molecule has 3 aromatic rings. The molecule has 0 radical (unpaired) electrons. The molecule has 0 bridgehead atoms. The number of phenols is 1. The summed E-state index contributed by atoms with van der Waals surface area (Å²) in [6, 6.07) is 10.5. The van der Waals surface area contributed by atoms with Crippen LogP contribution in [-0.2, 0) is 0 Å². The van der Waals surface area contributed by atoms with Crippen LogP contribution in [0.15, 0.2) is 47.6 Å². The van der Waals surface area contributed by atoms with Crippen molar-refractivity contribution in [2.24, 2.45) is 4.99 Å². The number of nitrogens with zero attached hydrogens (tertiary/aromatic N) is 2. The van der Waals surface area contributed by atoms with Crippen LogP contribution in [0.1, 0.15) is 5.56 Å². The molecule has 10 heteroatoms. The fraction of sp³-hybridized carbons (Fsp3) is 0.0526. The molecule has 0 fully saturated rings. The summed E-state index contributed by atoms with van der Waals surface area (Å²) in [5, 5.41) is 9.54.